The van der Waals surface area contributed by atoms with Gasteiger partial charge in [0.15, 0.2) is 0 Å². The summed E-state index contributed by atoms with van der Waals surface area (Å²) in [4.78, 5) is 10.9. The summed E-state index contributed by atoms with van der Waals surface area (Å²) in [6, 6.07) is 7.48. The molecule has 16 heavy (non-hydrogen) atoms. The minimum absolute atomic E-state index is 0. The van der Waals surface area contributed by atoms with Crippen molar-refractivity contribution in [2.75, 3.05) is 0 Å². The zero-order valence-corrected chi connectivity index (χ0v) is 7.90. The normalized spacial score (nSPS) is 8.81. The van der Waals surface area contributed by atoms with E-state index >= 15 is 0 Å². The van der Waals surface area contributed by atoms with Crippen molar-refractivity contribution in [2.45, 2.75) is 0 Å². The molecule has 1 aromatic carbocycles. The van der Waals surface area contributed by atoms with E-state index in [-0.39, 0.29) is 70.8 Å². The molecule has 0 spiro atoms. The maximum atomic E-state index is 10.9. The van der Waals surface area contributed by atoms with Gasteiger partial charge in [0.25, 0.3) is 0 Å². The van der Waals surface area contributed by atoms with Crippen LogP contribution in [0.1, 0.15) is 10.4 Å². The summed E-state index contributed by atoms with van der Waals surface area (Å²) in [5.41, 5.74) is 0.0557. The van der Waals surface area contributed by atoms with Gasteiger partial charge in [-0.2, -0.15) is 8.42 Å². The first kappa shape index (κ1) is 21.8. The molecular formula is C7H11NNa2O5S. The van der Waals surface area contributed by atoms with Crippen LogP contribution in [0.4, 0.5) is 0 Å². The van der Waals surface area contributed by atoms with Crippen molar-refractivity contribution in [3.8, 4) is 0 Å². The van der Waals surface area contributed by atoms with Gasteiger partial charge in [-0.3, -0.25) is 4.55 Å². The molecule has 0 bridgehead atoms. The molecular weight excluding hydrogens is 256 g/mol. The Labute approximate surface area is 138 Å². The van der Waals surface area contributed by atoms with Gasteiger partial charge >= 0.3 is 75.5 Å². The van der Waals surface area contributed by atoms with Gasteiger partial charge in [-0.05, 0) is 12.1 Å². The molecule has 1 aromatic rings. The van der Waals surface area contributed by atoms with Gasteiger partial charge in [0.2, 0.25) is 0 Å². The third-order valence-electron chi connectivity index (χ3n) is 1.19. The molecule has 4 N–H and O–H groups in total. The van der Waals surface area contributed by atoms with Gasteiger partial charge in [-0.1, -0.05) is 18.2 Å². The van der Waals surface area contributed by atoms with E-state index in [1.54, 1.807) is 18.2 Å². The molecule has 0 saturated heterocycles. The van der Waals surface area contributed by atoms with Gasteiger partial charge < -0.3 is 10.3 Å². The molecule has 82 valence electrons. The molecule has 0 atom stereocenters. The molecule has 0 aliphatic heterocycles. The molecule has 1 rings (SSSR count). The van der Waals surface area contributed by atoms with Gasteiger partial charge in [-0.25, -0.2) is 4.79 Å². The third-order valence-corrected chi connectivity index (χ3v) is 1.55. The second-order valence-electron chi connectivity index (χ2n) is 2.16. The van der Waals surface area contributed by atoms with Crippen molar-refractivity contribution in [1.29, 1.82) is 0 Å². The molecule has 0 heterocycles. The molecule has 0 aliphatic rings. The summed E-state index contributed by atoms with van der Waals surface area (Å²) in [6.45, 7) is 0. The Morgan fingerprint density at radius 1 is 1.12 bits per heavy atom. The Hall–Kier alpha value is 0.560. The fraction of sp³-hybridized carbons (Fsp3) is 0. The zero-order chi connectivity index (χ0) is 9.90. The number of carbonyl (C=O) groups excluding carboxylic acids is 1. The van der Waals surface area contributed by atoms with Crippen LogP contribution in [0, 0.1) is 0 Å². The summed E-state index contributed by atoms with van der Waals surface area (Å²) < 4.78 is 32.1. The number of hydrogen-bond acceptors (Lipinski definition) is 5. The van der Waals surface area contributed by atoms with E-state index < -0.39 is 16.4 Å². The maximum absolute atomic E-state index is 10.9. The van der Waals surface area contributed by atoms with Crippen molar-refractivity contribution in [2.24, 2.45) is 0 Å². The monoisotopic (exact) mass is 267 g/mol. The molecule has 0 aromatic heterocycles. The van der Waals surface area contributed by atoms with Gasteiger partial charge in [0.05, 0.1) is 5.56 Å². The first-order chi connectivity index (χ1) is 5.99. The van der Waals surface area contributed by atoms with Crippen molar-refractivity contribution in [3.05, 3.63) is 35.9 Å². The van der Waals surface area contributed by atoms with E-state index in [1.165, 1.54) is 12.1 Å². The average Bonchev–Trinajstić information content (AvgIpc) is 2.03. The van der Waals surface area contributed by atoms with Crippen molar-refractivity contribution in [3.63, 3.8) is 0 Å². The van der Waals surface area contributed by atoms with E-state index in [4.69, 9.17) is 4.55 Å². The molecule has 0 unspecified atom stereocenters. The van der Waals surface area contributed by atoms with E-state index in [2.05, 4.69) is 4.18 Å². The number of benzene rings is 1. The summed E-state index contributed by atoms with van der Waals surface area (Å²) in [5.74, 6) is -1.11. The number of rotatable bonds is 2. The summed E-state index contributed by atoms with van der Waals surface area (Å²) in [6.07, 6.45) is 0. The van der Waals surface area contributed by atoms with Crippen molar-refractivity contribution >= 4 is 75.5 Å². The molecule has 9 heteroatoms. The minimum atomic E-state index is -4.72. The number of carbonyl (C=O) groups is 1. The van der Waals surface area contributed by atoms with Crippen LogP contribution >= 0.6 is 0 Å². The molecule has 6 nitrogen and oxygen atoms in total. The van der Waals surface area contributed by atoms with Crippen molar-refractivity contribution < 1.29 is 21.9 Å². The van der Waals surface area contributed by atoms with Crippen LogP contribution in [-0.2, 0) is 14.6 Å². The Morgan fingerprint density at radius 2 is 1.56 bits per heavy atom. The van der Waals surface area contributed by atoms with E-state index in [0.717, 1.165) is 0 Å². The zero-order valence-electron chi connectivity index (χ0n) is 7.08. The molecule has 0 radical (unpaired) electrons. The third kappa shape index (κ3) is 8.68. The van der Waals surface area contributed by atoms with E-state index in [1.807, 2.05) is 0 Å². The van der Waals surface area contributed by atoms with Crippen LogP contribution in [0.2, 0.25) is 0 Å². The Morgan fingerprint density at radius 3 is 1.94 bits per heavy atom. The van der Waals surface area contributed by atoms with Crippen LogP contribution in [0.5, 0.6) is 0 Å². The fourth-order valence-corrected chi connectivity index (χ4v) is 1.01. The average molecular weight is 267 g/mol. The first-order valence-electron chi connectivity index (χ1n) is 3.25. The summed E-state index contributed by atoms with van der Waals surface area (Å²) >= 11 is 0. The Balaban J connectivity index is -0.000000563. The molecule has 0 aliphatic carbocycles. The number of hydrogen-bond donors (Lipinski definition) is 2. The Bertz CT molecular complexity index is 408. The van der Waals surface area contributed by atoms with Gasteiger partial charge in [-0.15, -0.1) is 0 Å². The Kier molecular flexibility index (Phi) is 13.1. The quantitative estimate of drug-likeness (QED) is 0.552. The van der Waals surface area contributed by atoms with Crippen LogP contribution in [0.3, 0.4) is 0 Å². The van der Waals surface area contributed by atoms with Crippen molar-refractivity contribution in [1.82, 2.24) is 6.15 Å². The second-order valence-corrected chi connectivity index (χ2v) is 3.19. The van der Waals surface area contributed by atoms with Crippen LogP contribution in [0.15, 0.2) is 30.3 Å². The van der Waals surface area contributed by atoms with Crippen LogP contribution < -0.4 is 6.15 Å². The standard InChI is InChI=1S/C7H6O5S.H3N.2Na.2H/c8-7(12-13(9,10)11)6-4-2-1-3-5-6;;;;;/h1-5H,(H,9,10,11);1H3;;;;. The van der Waals surface area contributed by atoms with E-state index in [0.29, 0.717) is 0 Å². The fourth-order valence-electron chi connectivity index (χ4n) is 0.718. The second kappa shape index (κ2) is 9.58. The molecule has 0 amide bonds. The topological polar surface area (TPSA) is 116 Å². The van der Waals surface area contributed by atoms with Gasteiger partial charge in [0, 0.05) is 0 Å². The van der Waals surface area contributed by atoms with E-state index in [9.17, 15) is 13.2 Å². The first-order valence-corrected chi connectivity index (χ1v) is 4.62. The summed E-state index contributed by atoms with van der Waals surface area (Å²) in [7, 11) is -4.72. The molecule has 0 fully saturated rings. The van der Waals surface area contributed by atoms with Crippen LogP contribution in [0.25, 0.3) is 0 Å². The SMILES string of the molecule is N.O=C(OS(=O)(=O)O)c1ccccc1.[NaH].[NaH]. The predicted octanol–water partition coefficient (Wildman–Crippen LogP) is -0.489. The summed E-state index contributed by atoms with van der Waals surface area (Å²) in [5, 5.41) is 0. The van der Waals surface area contributed by atoms with Gasteiger partial charge in [0.1, 0.15) is 0 Å². The predicted molar refractivity (Wildman–Crippen MR) is 62.7 cm³/mol. The van der Waals surface area contributed by atoms with Crippen LogP contribution in [-0.4, -0.2) is 78.1 Å². The molecule has 0 saturated carbocycles.